The molecule has 0 fully saturated rings. The predicted molar refractivity (Wildman–Crippen MR) is 103 cm³/mol. The average Bonchev–Trinajstić information content (AvgIpc) is 3.17. The van der Waals surface area contributed by atoms with E-state index in [9.17, 15) is 14.7 Å². The highest BCUT2D eigenvalue weighted by Gasteiger charge is 2.28. The number of thiophene rings is 1. The summed E-state index contributed by atoms with van der Waals surface area (Å²) in [6.07, 6.45) is 3.23. The number of aryl methyl sites for hydroxylation is 3. The van der Waals surface area contributed by atoms with E-state index in [0.29, 0.717) is 17.6 Å². The van der Waals surface area contributed by atoms with Crippen LogP contribution in [0.3, 0.4) is 0 Å². The van der Waals surface area contributed by atoms with Gasteiger partial charge in [-0.25, -0.2) is 9.78 Å². The molecule has 0 amide bonds. The molecule has 0 radical (unpaired) electrons. The molecule has 0 spiro atoms. The van der Waals surface area contributed by atoms with Crippen LogP contribution in [0.5, 0.6) is 0 Å². The second kappa shape index (κ2) is 6.36. The van der Waals surface area contributed by atoms with Crippen LogP contribution in [0.25, 0.3) is 21.6 Å². The normalized spacial score (nSPS) is 14.5. The van der Waals surface area contributed by atoms with E-state index in [2.05, 4.69) is 0 Å². The van der Waals surface area contributed by atoms with Gasteiger partial charge in [-0.2, -0.15) is 0 Å². The number of carbonyl (C=O) groups is 1. The molecule has 6 heteroatoms. The van der Waals surface area contributed by atoms with Crippen molar-refractivity contribution < 1.29 is 9.90 Å². The maximum Gasteiger partial charge on any atom is 0.326 e. The Morgan fingerprint density at radius 2 is 2.19 bits per heavy atom. The number of rotatable bonds is 4. The minimum atomic E-state index is -1.00. The van der Waals surface area contributed by atoms with Crippen LogP contribution < -0.4 is 5.56 Å². The third-order valence-electron chi connectivity index (χ3n) is 5.03. The van der Waals surface area contributed by atoms with Crippen LogP contribution in [0.2, 0.25) is 0 Å². The Balaban J connectivity index is 2.09. The maximum absolute atomic E-state index is 13.4. The highest BCUT2D eigenvalue weighted by atomic mass is 32.1. The van der Waals surface area contributed by atoms with E-state index >= 15 is 0 Å². The molecule has 1 aliphatic rings. The minimum Gasteiger partial charge on any atom is -0.480 e. The second-order valence-electron chi connectivity index (χ2n) is 6.78. The van der Waals surface area contributed by atoms with E-state index in [1.807, 2.05) is 31.2 Å². The van der Waals surface area contributed by atoms with Crippen LogP contribution in [-0.2, 0) is 17.6 Å². The molecule has 1 N–H and O–H groups in total. The van der Waals surface area contributed by atoms with Gasteiger partial charge in [-0.3, -0.25) is 9.36 Å². The minimum absolute atomic E-state index is 0.222. The van der Waals surface area contributed by atoms with Gasteiger partial charge < -0.3 is 5.11 Å². The molecule has 0 saturated heterocycles. The second-order valence-corrected chi connectivity index (χ2v) is 7.86. The molecule has 1 aromatic carbocycles. The molecule has 1 aliphatic carbocycles. The standard InChI is InChI=1S/C20H20N2O3S/c1-3-14(20(24)25)22-17(12-7-4-6-11(2)10-12)21-18-16(19(22)23)13-8-5-9-15(13)26-18/h4,6-7,10,14H,3,5,8-9H2,1-2H3,(H,24,25). The Morgan fingerprint density at radius 3 is 2.88 bits per heavy atom. The average molecular weight is 368 g/mol. The number of aliphatic carboxylic acids is 1. The molecule has 1 unspecified atom stereocenters. The summed E-state index contributed by atoms with van der Waals surface area (Å²) in [4.78, 5) is 32.0. The molecule has 134 valence electrons. The molecule has 1 atom stereocenters. The first-order chi connectivity index (χ1) is 12.5. The van der Waals surface area contributed by atoms with Gasteiger partial charge in [0.05, 0.1) is 5.39 Å². The third-order valence-corrected chi connectivity index (χ3v) is 6.22. The zero-order valence-corrected chi connectivity index (χ0v) is 15.6. The first kappa shape index (κ1) is 17.0. The van der Waals surface area contributed by atoms with Crippen LogP contribution in [0.15, 0.2) is 29.1 Å². The molecule has 3 aromatic rings. The zero-order chi connectivity index (χ0) is 18.4. The lowest BCUT2D eigenvalue weighted by molar-refractivity contribution is -0.141. The summed E-state index contributed by atoms with van der Waals surface area (Å²) in [5.74, 6) is -0.558. The van der Waals surface area contributed by atoms with Crippen LogP contribution >= 0.6 is 11.3 Å². The molecule has 5 nitrogen and oxygen atoms in total. The predicted octanol–water partition coefficient (Wildman–Crippen LogP) is 3.96. The molecule has 4 rings (SSSR count). The van der Waals surface area contributed by atoms with Gasteiger partial charge in [-0.05, 0) is 44.2 Å². The summed E-state index contributed by atoms with van der Waals surface area (Å²) < 4.78 is 1.39. The van der Waals surface area contributed by atoms with E-state index in [-0.39, 0.29) is 5.56 Å². The smallest absolute Gasteiger partial charge is 0.326 e. The van der Waals surface area contributed by atoms with Crippen molar-refractivity contribution in [1.82, 2.24) is 9.55 Å². The molecule has 0 saturated carbocycles. The first-order valence-electron chi connectivity index (χ1n) is 8.88. The SMILES string of the molecule is CCC(C(=O)O)n1c(-c2cccc(C)c2)nc2sc3c(c2c1=O)CCC3. The molecule has 2 heterocycles. The van der Waals surface area contributed by atoms with Crippen LogP contribution in [0.1, 0.15) is 41.8 Å². The van der Waals surface area contributed by atoms with Gasteiger partial charge in [0.25, 0.3) is 5.56 Å². The molecular weight excluding hydrogens is 348 g/mol. The summed E-state index contributed by atoms with van der Waals surface area (Å²) in [6.45, 7) is 3.76. The van der Waals surface area contributed by atoms with Crippen LogP contribution in [-0.4, -0.2) is 20.6 Å². The van der Waals surface area contributed by atoms with Gasteiger partial charge in [-0.1, -0.05) is 30.7 Å². The lowest BCUT2D eigenvalue weighted by Gasteiger charge is -2.18. The third kappa shape index (κ3) is 2.56. The number of fused-ring (bicyclic) bond motifs is 3. The Labute approximate surface area is 154 Å². The van der Waals surface area contributed by atoms with Gasteiger partial charge >= 0.3 is 5.97 Å². The highest BCUT2D eigenvalue weighted by Crippen LogP contribution is 2.36. The Bertz CT molecular complexity index is 1080. The molecule has 2 aromatic heterocycles. The monoisotopic (exact) mass is 368 g/mol. The van der Waals surface area contributed by atoms with E-state index in [1.165, 1.54) is 9.44 Å². The Kier molecular flexibility index (Phi) is 4.15. The first-order valence-corrected chi connectivity index (χ1v) is 9.69. The van der Waals surface area contributed by atoms with Crippen molar-refractivity contribution >= 4 is 27.5 Å². The van der Waals surface area contributed by atoms with Crippen molar-refractivity contribution in [3.63, 3.8) is 0 Å². The van der Waals surface area contributed by atoms with E-state index in [1.54, 1.807) is 18.3 Å². The lowest BCUT2D eigenvalue weighted by Crippen LogP contribution is -2.31. The maximum atomic E-state index is 13.4. The quantitative estimate of drug-likeness (QED) is 0.757. The number of nitrogens with zero attached hydrogens (tertiary/aromatic N) is 2. The summed E-state index contributed by atoms with van der Waals surface area (Å²) in [6, 6.07) is 6.78. The lowest BCUT2D eigenvalue weighted by atomic mass is 10.1. The largest absolute Gasteiger partial charge is 0.480 e. The van der Waals surface area contributed by atoms with Crippen molar-refractivity contribution in [3.8, 4) is 11.4 Å². The van der Waals surface area contributed by atoms with Crippen molar-refractivity contribution in [1.29, 1.82) is 0 Å². The fourth-order valence-corrected chi connectivity index (χ4v) is 5.05. The Hall–Kier alpha value is -2.47. The van der Waals surface area contributed by atoms with Gasteiger partial charge in [0.2, 0.25) is 0 Å². The molecule has 26 heavy (non-hydrogen) atoms. The van der Waals surface area contributed by atoms with E-state index < -0.39 is 12.0 Å². The number of hydrogen-bond donors (Lipinski definition) is 1. The number of benzene rings is 1. The van der Waals surface area contributed by atoms with Gasteiger partial charge in [-0.15, -0.1) is 11.3 Å². The fourth-order valence-electron chi connectivity index (χ4n) is 3.80. The number of aromatic nitrogens is 2. The highest BCUT2D eigenvalue weighted by molar-refractivity contribution is 7.18. The topological polar surface area (TPSA) is 72.2 Å². The van der Waals surface area contributed by atoms with Crippen molar-refractivity contribution in [2.24, 2.45) is 0 Å². The zero-order valence-electron chi connectivity index (χ0n) is 14.8. The van der Waals surface area contributed by atoms with Crippen LogP contribution in [0.4, 0.5) is 0 Å². The Morgan fingerprint density at radius 1 is 1.38 bits per heavy atom. The van der Waals surface area contributed by atoms with Crippen molar-refractivity contribution in [2.75, 3.05) is 0 Å². The van der Waals surface area contributed by atoms with E-state index in [0.717, 1.165) is 40.8 Å². The fraction of sp³-hybridized carbons (Fsp3) is 0.350. The summed E-state index contributed by atoms with van der Waals surface area (Å²) in [7, 11) is 0. The molecular formula is C20H20N2O3S. The van der Waals surface area contributed by atoms with Gasteiger partial charge in [0.15, 0.2) is 0 Å². The number of carboxylic acids is 1. The van der Waals surface area contributed by atoms with Crippen molar-refractivity contribution in [3.05, 3.63) is 50.6 Å². The molecule has 0 bridgehead atoms. The summed E-state index contributed by atoms with van der Waals surface area (Å²) in [5, 5.41) is 10.3. The summed E-state index contributed by atoms with van der Waals surface area (Å²) in [5.41, 5.74) is 2.67. The molecule has 0 aliphatic heterocycles. The number of hydrogen-bond acceptors (Lipinski definition) is 4. The number of carboxylic acid groups (broad SMARTS) is 1. The summed E-state index contributed by atoms with van der Waals surface area (Å²) >= 11 is 1.58. The van der Waals surface area contributed by atoms with Gasteiger partial charge in [0.1, 0.15) is 16.7 Å². The van der Waals surface area contributed by atoms with Gasteiger partial charge in [0, 0.05) is 10.4 Å². The van der Waals surface area contributed by atoms with E-state index in [4.69, 9.17) is 4.98 Å². The van der Waals surface area contributed by atoms with Crippen LogP contribution in [0, 0.1) is 6.92 Å². The van der Waals surface area contributed by atoms with Crippen molar-refractivity contribution in [2.45, 2.75) is 45.6 Å².